The van der Waals surface area contributed by atoms with Crippen LogP contribution in [0, 0.1) is 13.8 Å². The molecular formula is C23H25ClN2O. The Labute approximate surface area is 165 Å². The number of aromatic nitrogens is 1. The molecule has 0 bridgehead atoms. The number of nitrogens with zero attached hydrogens (tertiary/aromatic N) is 1. The van der Waals surface area contributed by atoms with E-state index in [0.29, 0.717) is 17.1 Å². The van der Waals surface area contributed by atoms with Crippen molar-refractivity contribution in [2.24, 2.45) is 5.73 Å². The molecule has 3 rings (SSSR count). The molecule has 3 aromatic rings. The highest BCUT2D eigenvalue weighted by Crippen LogP contribution is 2.36. The Hall–Kier alpha value is -2.52. The van der Waals surface area contributed by atoms with Crippen LogP contribution < -0.4 is 5.73 Å². The number of amides is 1. The van der Waals surface area contributed by atoms with Crippen molar-refractivity contribution >= 4 is 17.5 Å². The molecule has 0 unspecified atom stereocenters. The van der Waals surface area contributed by atoms with E-state index in [2.05, 4.69) is 36.6 Å². The minimum Gasteiger partial charge on any atom is -0.366 e. The number of benzene rings is 2. The molecule has 0 aliphatic carbocycles. The number of primary amides is 1. The molecular weight excluding hydrogens is 356 g/mol. The van der Waals surface area contributed by atoms with Crippen molar-refractivity contribution < 1.29 is 4.79 Å². The fourth-order valence-corrected chi connectivity index (χ4v) is 3.98. The van der Waals surface area contributed by atoms with Crippen LogP contribution in [0.5, 0.6) is 0 Å². The van der Waals surface area contributed by atoms with Crippen LogP contribution in [0.15, 0.2) is 48.5 Å². The number of rotatable bonds is 6. The molecule has 1 amide bonds. The Morgan fingerprint density at radius 3 is 2.48 bits per heavy atom. The summed E-state index contributed by atoms with van der Waals surface area (Å²) < 4.78 is 2.22. The zero-order valence-electron chi connectivity index (χ0n) is 16.1. The van der Waals surface area contributed by atoms with Gasteiger partial charge in [0.05, 0.1) is 5.56 Å². The van der Waals surface area contributed by atoms with E-state index in [4.69, 9.17) is 17.3 Å². The molecule has 27 heavy (non-hydrogen) atoms. The molecule has 2 N–H and O–H groups in total. The van der Waals surface area contributed by atoms with Gasteiger partial charge in [0, 0.05) is 28.5 Å². The van der Waals surface area contributed by atoms with Crippen LogP contribution in [0.3, 0.4) is 0 Å². The van der Waals surface area contributed by atoms with Crippen LogP contribution in [0.2, 0.25) is 5.02 Å². The normalized spacial score (nSPS) is 11.0. The van der Waals surface area contributed by atoms with Gasteiger partial charge in [-0.05, 0) is 49.1 Å². The molecule has 2 aromatic carbocycles. The average Bonchev–Trinajstić information content (AvgIpc) is 2.88. The summed E-state index contributed by atoms with van der Waals surface area (Å²) in [5.41, 5.74) is 12.8. The van der Waals surface area contributed by atoms with E-state index < -0.39 is 0 Å². The minimum absolute atomic E-state index is 0.382. The third kappa shape index (κ3) is 3.79. The summed E-state index contributed by atoms with van der Waals surface area (Å²) in [4.78, 5) is 12.4. The lowest BCUT2D eigenvalue weighted by Gasteiger charge is -2.14. The van der Waals surface area contributed by atoms with Gasteiger partial charge in [-0.25, -0.2) is 0 Å². The maximum Gasteiger partial charge on any atom is 0.251 e. The van der Waals surface area contributed by atoms with Crippen LogP contribution in [-0.4, -0.2) is 10.5 Å². The lowest BCUT2D eigenvalue weighted by molar-refractivity contribution is 0.1000. The first-order valence-corrected chi connectivity index (χ1v) is 9.64. The summed E-state index contributed by atoms with van der Waals surface area (Å²) >= 11 is 6.17. The van der Waals surface area contributed by atoms with E-state index in [-0.39, 0.29) is 5.91 Å². The highest BCUT2D eigenvalue weighted by atomic mass is 35.5. The summed E-state index contributed by atoms with van der Waals surface area (Å²) in [7, 11) is 0. The largest absolute Gasteiger partial charge is 0.366 e. The maximum absolute atomic E-state index is 12.4. The highest BCUT2D eigenvalue weighted by molar-refractivity contribution is 6.30. The molecule has 0 saturated heterocycles. The lowest BCUT2D eigenvalue weighted by atomic mass is 9.94. The summed E-state index contributed by atoms with van der Waals surface area (Å²) in [5, 5.41) is 0.712. The van der Waals surface area contributed by atoms with Crippen molar-refractivity contribution in [2.75, 3.05) is 0 Å². The molecule has 0 aliphatic rings. The predicted octanol–water partition coefficient (Wildman–Crippen LogP) is 5.53. The number of nitrogens with two attached hydrogens (primary N) is 1. The molecule has 0 radical (unpaired) electrons. The van der Waals surface area contributed by atoms with Gasteiger partial charge in [-0.3, -0.25) is 4.79 Å². The molecule has 1 aromatic heterocycles. The van der Waals surface area contributed by atoms with Crippen LogP contribution >= 0.6 is 11.6 Å². The fraction of sp³-hybridized carbons (Fsp3) is 0.261. The molecule has 3 nitrogen and oxygen atoms in total. The monoisotopic (exact) mass is 380 g/mol. The molecule has 0 aliphatic heterocycles. The topological polar surface area (TPSA) is 48.0 Å². The number of carbonyl (C=O) groups is 1. The van der Waals surface area contributed by atoms with Gasteiger partial charge in [0.25, 0.3) is 5.91 Å². The highest BCUT2D eigenvalue weighted by Gasteiger charge is 2.25. The lowest BCUT2D eigenvalue weighted by Crippen LogP contribution is -2.13. The quantitative estimate of drug-likeness (QED) is 0.600. The first-order chi connectivity index (χ1) is 12.9. The van der Waals surface area contributed by atoms with E-state index in [1.165, 1.54) is 0 Å². The van der Waals surface area contributed by atoms with Gasteiger partial charge < -0.3 is 10.3 Å². The zero-order valence-corrected chi connectivity index (χ0v) is 16.8. The summed E-state index contributed by atoms with van der Waals surface area (Å²) in [6.07, 6.45) is 1.86. The van der Waals surface area contributed by atoms with E-state index in [1.807, 2.05) is 37.3 Å². The Morgan fingerprint density at radius 1 is 1.11 bits per heavy atom. The predicted molar refractivity (Wildman–Crippen MR) is 112 cm³/mol. The van der Waals surface area contributed by atoms with Crippen molar-refractivity contribution in [2.45, 2.75) is 40.2 Å². The third-order valence-electron chi connectivity index (χ3n) is 5.01. The third-order valence-corrected chi connectivity index (χ3v) is 5.24. The maximum atomic E-state index is 12.4. The molecule has 0 saturated carbocycles. The van der Waals surface area contributed by atoms with E-state index >= 15 is 0 Å². The van der Waals surface area contributed by atoms with Gasteiger partial charge in [-0.1, -0.05) is 61.3 Å². The summed E-state index contributed by atoms with van der Waals surface area (Å²) in [5.74, 6) is -0.382. The second-order valence-corrected chi connectivity index (χ2v) is 7.36. The first-order valence-electron chi connectivity index (χ1n) is 9.26. The van der Waals surface area contributed by atoms with Crippen molar-refractivity contribution in [1.29, 1.82) is 0 Å². The van der Waals surface area contributed by atoms with Crippen LogP contribution in [-0.2, 0) is 13.0 Å². The number of aryl methyl sites for hydroxylation is 1. The Balaban J connectivity index is 2.26. The van der Waals surface area contributed by atoms with E-state index in [9.17, 15) is 4.79 Å². The summed E-state index contributed by atoms with van der Waals surface area (Å²) in [6, 6.07) is 16.0. The van der Waals surface area contributed by atoms with E-state index in [1.54, 1.807) is 0 Å². The van der Waals surface area contributed by atoms with Gasteiger partial charge in [-0.15, -0.1) is 0 Å². The SMILES string of the molecule is CCCc1c(-c2ccccc2C)c(C(N)=O)c(C)n1Cc1cccc(Cl)c1. The average molecular weight is 381 g/mol. The van der Waals surface area contributed by atoms with Crippen molar-refractivity contribution in [3.63, 3.8) is 0 Å². The van der Waals surface area contributed by atoms with Gasteiger partial charge in [-0.2, -0.15) is 0 Å². The Morgan fingerprint density at radius 2 is 1.85 bits per heavy atom. The summed E-state index contributed by atoms with van der Waals surface area (Å²) in [6.45, 7) is 6.86. The smallest absolute Gasteiger partial charge is 0.251 e. The Kier molecular flexibility index (Phi) is 5.71. The van der Waals surface area contributed by atoms with Gasteiger partial charge in [0.15, 0.2) is 0 Å². The second kappa shape index (κ2) is 8.01. The molecule has 1 heterocycles. The number of hydrogen-bond donors (Lipinski definition) is 1. The molecule has 140 valence electrons. The fourth-order valence-electron chi connectivity index (χ4n) is 3.77. The van der Waals surface area contributed by atoms with Crippen LogP contribution in [0.1, 0.15) is 46.2 Å². The van der Waals surface area contributed by atoms with Crippen molar-refractivity contribution in [3.8, 4) is 11.1 Å². The molecule has 4 heteroatoms. The minimum atomic E-state index is -0.382. The molecule has 0 atom stereocenters. The van der Waals surface area contributed by atoms with Crippen molar-refractivity contribution in [1.82, 2.24) is 4.57 Å². The zero-order chi connectivity index (χ0) is 19.6. The number of halogens is 1. The molecule has 0 fully saturated rings. The van der Waals surface area contributed by atoms with Crippen molar-refractivity contribution in [3.05, 3.63) is 81.6 Å². The standard InChI is InChI=1S/C23H25ClN2O/c1-4-8-20-22(19-12-6-5-9-15(19)2)21(23(25)27)16(3)26(20)14-17-10-7-11-18(24)13-17/h5-7,9-13H,4,8,14H2,1-3H3,(H2,25,27). The Bertz CT molecular complexity index is 988. The van der Waals surface area contributed by atoms with E-state index in [0.717, 1.165) is 46.5 Å². The first kappa shape index (κ1) is 19.2. The number of carbonyl (C=O) groups excluding carboxylic acids is 1. The van der Waals surface area contributed by atoms with Gasteiger partial charge in [0.1, 0.15) is 0 Å². The molecule has 0 spiro atoms. The van der Waals surface area contributed by atoms with Gasteiger partial charge >= 0.3 is 0 Å². The number of hydrogen-bond acceptors (Lipinski definition) is 1. The van der Waals surface area contributed by atoms with Crippen LogP contribution in [0.4, 0.5) is 0 Å². The van der Waals surface area contributed by atoms with Gasteiger partial charge in [0.2, 0.25) is 0 Å². The van der Waals surface area contributed by atoms with Crippen LogP contribution in [0.25, 0.3) is 11.1 Å². The second-order valence-electron chi connectivity index (χ2n) is 6.93.